The highest BCUT2D eigenvalue weighted by molar-refractivity contribution is 6.31. The maximum atomic E-state index is 6.05. The average molecular weight is 234 g/mol. The third-order valence-electron chi connectivity index (χ3n) is 2.71. The Balaban J connectivity index is 2.85. The van der Waals surface area contributed by atoms with Gasteiger partial charge in [0.15, 0.2) is 0 Å². The van der Waals surface area contributed by atoms with E-state index in [1.807, 2.05) is 25.1 Å². The summed E-state index contributed by atoms with van der Waals surface area (Å²) in [5.41, 5.74) is 3.49. The number of aryl methyl sites for hydroxylation is 1. The van der Waals surface area contributed by atoms with Crippen LogP contribution >= 0.6 is 11.6 Å². The molecule has 16 heavy (non-hydrogen) atoms. The van der Waals surface area contributed by atoms with Crippen molar-refractivity contribution in [3.05, 3.63) is 40.5 Å². The summed E-state index contributed by atoms with van der Waals surface area (Å²) in [4.78, 5) is 4.53. The number of aromatic nitrogens is 1. The van der Waals surface area contributed by atoms with Crippen LogP contribution in [0.1, 0.15) is 32.0 Å². The van der Waals surface area contributed by atoms with E-state index < -0.39 is 0 Å². The van der Waals surface area contributed by atoms with E-state index in [9.17, 15) is 0 Å². The molecule has 0 N–H and O–H groups in total. The zero-order chi connectivity index (χ0) is 11.9. The van der Waals surface area contributed by atoms with E-state index in [-0.39, 0.29) is 5.41 Å². The van der Waals surface area contributed by atoms with Crippen molar-refractivity contribution in [1.82, 2.24) is 4.98 Å². The lowest BCUT2D eigenvalue weighted by molar-refractivity contribution is 0.594. The molecule has 0 saturated heterocycles. The van der Waals surface area contributed by atoms with E-state index in [4.69, 9.17) is 11.6 Å². The number of benzene rings is 1. The van der Waals surface area contributed by atoms with Crippen molar-refractivity contribution in [2.45, 2.75) is 33.1 Å². The minimum Gasteiger partial charge on any atom is -0.253 e. The van der Waals surface area contributed by atoms with Gasteiger partial charge in [0.05, 0.1) is 5.52 Å². The van der Waals surface area contributed by atoms with Gasteiger partial charge in [-0.3, -0.25) is 4.98 Å². The third-order valence-corrected chi connectivity index (χ3v) is 2.94. The molecule has 0 saturated carbocycles. The van der Waals surface area contributed by atoms with Crippen LogP contribution in [0.2, 0.25) is 5.02 Å². The van der Waals surface area contributed by atoms with Crippen LogP contribution in [0.4, 0.5) is 0 Å². The summed E-state index contributed by atoms with van der Waals surface area (Å²) < 4.78 is 0. The van der Waals surface area contributed by atoms with Gasteiger partial charge >= 0.3 is 0 Å². The molecule has 0 aliphatic heterocycles. The van der Waals surface area contributed by atoms with Crippen molar-refractivity contribution in [2.24, 2.45) is 0 Å². The quantitative estimate of drug-likeness (QED) is 0.653. The Hall–Kier alpha value is -1.08. The zero-order valence-corrected chi connectivity index (χ0v) is 10.9. The fourth-order valence-electron chi connectivity index (χ4n) is 1.95. The van der Waals surface area contributed by atoms with Crippen LogP contribution in [0, 0.1) is 6.92 Å². The first kappa shape index (κ1) is 11.4. The van der Waals surface area contributed by atoms with Crippen LogP contribution in [-0.4, -0.2) is 4.98 Å². The number of rotatable bonds is 0. The molecule has 84 valence electrons. The second-order valence-corrected chi connectivity index (χ2v) is 5.66. The van der Waals surface area contributed by atoms with E-state index in [1.54, 1.807) is 0 Å². The fraction of sp³-hybridized carbons (Fsp3) is 0.357. The molecule has 0 spiro atoms. The molecule has 1 aromatic carbocycles. The van der Waals surface area contributed by atoms with Crippen LogP contribution in [0.5, 0.6) is 0 Å². The summed E-state index contributed by atoms with van der Waals surface area (Å²) >= 11 is 6.05. The second-order valence-electron chi connectivity index (χ2n) is 5.22. The van der Waals surface area contributed by atoms with E-state index in [0.717, 1.165) is 21.6 Å². The molecule has 2 aromatic rings. The molecule has 0 radical (unpaired) electrons. The molecule has 1 nitrogen and oxygen atoms in total. The molecule has 0 amide bonds. The predicted octanol–water partition coefficient (Wildman–Crippen LogP) is 4.49. The standard InChI is InChI=1S/C14H16ClN/c1-9-7-12(14(2,3)4)11-8-10(15)5-6-13(11)16-9/h5-8H,1-4H3. The maximum absolute atomic E-state index is 6.05. The first-order chi connectivity index (χ1) is 7.38. The second kappa shape index (κ2) is 3.74. The zero-order valence-electron chi connectivity index (χ0n) is 10.1. The number of halogens is 1. The molecule has 0 aliphatic rings. The van der Waals surface area contributed by atoms with Crippen LogP contribution < -0.4 is 0 Å². The fourth-order valence-corrected chi connectivity index (χ4v) is 2.12. The third kappa shape index (κ3) is 2.05. The van der Waals surface area contributed by atoms with Gasteiger partial charge in [-0.2, -0.15) is 0 Å². The number of hydrogen-bond donors (Lipinski definition) is 0. The molecule has 0 bridgehead atoms. The molecular formula is C14H16ClN. The van der Waals surface area contributed by atoms with Gasteiger partial charge in [-0.25, -0.2) is 0 Å². The molecule has 0 aliphatic carbocycles. The number of nitrogens with zero attached hydrogens (tertiary/aromatic N) is 1. The minimum absolute atomic E-state index is 0.108. The van der Waals surface area contributed by atoms with Crippen molar-refractivity contribution < 1.29 is 0 Å². The van der Waals surface area contributed by atoms with Crippen molar-refractivity contribution in [2.75, 3.05) is 0 Å². The minimum atomic E-state index is 0.108. The monoisotopic (exact) mass is 233 g/mol. The molecular weight excluding hydrogens is 218 g/mol. The van der Waals surface area contributed by atoms with Gasteiger partial charge in [0.25, 0.3) is 0 Å². The van der Waals surface area contributed by atoms with E-state index in [2.05, 4.69) is 31.8 Å². The Morgan fingerprint density at radius 3 is 2.44 bits per heavy atom. The van der Waals surface area contributed by atoms with E-state index >= 15 is 0 Å². The van der Waals surface area contributed by atoms with Gasteiger partial charge < -0.3 is 0 Å². The number of fused-ring (bicyclic) bond motifs is 1. The smallest absolute Gasteiger partial charge is 0.0709 e. The molecule has 0 unspecified atom stereocenters. The Bertz CT molecular complexity index is 538. The largest absolute Gasteiger partial charge is 0.253 e. The highest BCUT2D eigenvalue weighted by Gasteiger charge is 2.17. The first-order valence-corrected chi connectivity index (χ1v) is 5.83. The highest BCUT2D eigenvalue weighted by atomic mass is 35.5. The van der Waals surface area contributed by atoms with Gasteiger partial charge in [0.1, 0.15) is 0 Å². The lowest BCUT2D eigenvalue weighted by Gasteiger charge is -2.21. The Kier molecular flexibility index (Phi) is 2.67. The average Bonchev–Trinajstić information content (AvgIpc) is 2.16. The summed E-state index contributed by atoms with van der Waals surface area (Å²) in [6.07, 6.45) is 0. The van der Waals surface area contributed by atoms with Gasteiger partial charge in [-0.05, 0) is 42.2 Å². The Labute approximate surface area is 101 Å². The van der Waals surface area contributed by atoms with Crippen LogP contribution in [0.15, 0.2) is 24.3 Å². The molecule has 0 fully saturated rings. The normalized spacial score (nSPS) is 12.1. The van der Waals surface area contributed by atoms with Crippen molar-refractivity contribution >= 4 is 22.5 Å². The van der Waals surface area contributed by atoms with Gasteiger partial charge in [0.2, 0.25) is 0 Å². The lowest BCUT2D eigenvalue weighted by atomic mass is 9.84. The maximum Gasteiger partial charge on any atom is 0.0709 e. The van der Waals surface area contributed by atoms with Crippen LogP contribution in [-0.2, 0) is 5.41 Å². The number of pyridine rings is 1. The van der Waals surface area contributed by atoms with E-state index in [1.165, 1.54) is 5.56 Å². The van der Waals surface area contributed by atoms with Crippen molar-refractivity contribution in [3.8, 4) is 0 Å². The molecule has 2 rings (SSSR count). The predicted molar refractivity (Wildman–Crippen MR) is 70.2 cm³/mol. The summed E-state index contributed by atoms with van der Waals surface area (Å²) in [6, 6.07) is 8.03. The van der Waals surface area contributed by atoms with E-state index in [0.29, 0.717) is 0 Å². The molecule has 1 heterocycles. The van der Waals surface area contributed by atoms with Crippen LogP contribution in [0.3, 0.4) is 0 Å². The van der Waals surface area contributed by atoms with Crippen molar-refractivity contribution in [1.29, 1.82) is 0 Å². The number of hydrogen-bond acceptors (Lipinski definition) is 1. The first-order valence-electron chi connectivity index (χ1n) is 5.45. The summed E-state index contributed by atoms with van der Waals surface area (Å²) in [6.45, 7) is 8.66. The van der Waals surface area contributed by atoms with Crippen LogP contribution in [0.25, 0.3) is 10.9 Å². The molecule has 2 heteroatoms. The Morgan fingerprint density at radius 1 is 1.12 bits per heavy atom. The topological polar surface area (TPSA) is 12.9 Å². The molecule has 1 aromatic heterocycles. The van der Waals surface area contributed by atoms with Gasteiger partial charge in [0, 0.05) is 16.1 Å². The summed E-state index contributed by atoms with van der Waals surface area (Å²) in [5.74, 6) is 0. The summed E-state index contributed by atoms with van der Waals surface area (Å²) in [5, 5.41) is 1.93. The SMILES string of the molecule is Cc1cc(C(C)(C)C)c2cc(Cl)ccc2n1. The lowest BCUT2D eigenvalue weighted by Crippen LogP contribution is -2.12. The van der Waals surface area contributed by atoms with Gasteiger partial charge in [-0.15, -0.1) is 0 Å². The Morgan fingerprint density at radius 2 is 1.81 bits per heavy atom. The molecule has 0 atom stereocenters. The highest BCUT2D eigenvalue weighted by Crippen LogP contribution is 2.31. The summed E-state index contributed by atoms with van der Waals surface area (Å²) in [7, 11) is 0. The van der Waals surface area contributed by atoms with Crippen molar-refractivity contribution in [3.63, 3.8) is 0 Å². The van der Waals surface area contributed by atoms with Gasteiger partial charge in [-0.1, -0.05) is 32.4 Å².